The van der Waals surface area contributed by atoms with Crippen molar-refractivity contribution >= 4 is 21.6 Å². The molecule has 26 heavy (non-hydrogen) atoms. The fourth-order valence-corrected chi connectivity index (χ4v) is 5.70. The molecule has 0 fully saturated rings. The van der Waals surface area contributed by atoms with Crippen molar-refractivity contribution in [3.63, 3.8) is 0 Å². The van der Waals surface area contributed by atoms with Gasteiger partial charge < -0.3 is 10.2 Å². The molecular formula is C22H30O2S2. The minimum absolute atomic E-state index is 0.413. The molecule has 2 unspecified atom stereocenters. The predicted molar refractivity (Wildman–Crippen MR) is 117 cm³/mol. The highest BCUT2D eigenvalue weighted by Gasteiger charge is 2.12. The summed E-state index contributed by atoms with van der Waals surface area (Å²) in [6.45, 7) is 12.4. The Labute approximate surface area is 165 Å². The van der Waals surface area contributed by atoms with Crippen LogP contribution in [0.1, 0.15) is 47.2 Å². The lowest BCUT2D eigenvalue weighted by Crippen LogP contribution is -2.05. The molecule has 0 aliphatic rings. The van der Waals surface area contributed by atoms with Gasteiger partial charge in [-0.2, -0.15) is 0 Å². The van der Waals surface area contributed by atoms with Crippen LogP contribution in [0.5, 0.6) is 11.5 Å². The zero-order valence-electron chi connectivity index (χ0n) is 16.6. The maximum absolute atomic E-state index is 9.91. The first-order valence-electron chi connectivity index (χ1n) is 9.07. The molecule has 2 aromatic rings. The van der Waals surface area contributed by atoms with Crippen molar-refractivity contribution in [3.8, 4) is 11.5 Å². The van der Waals surface area contributed by atoms with E-state index < -0.39 is 0 Å². The summed E-state index contributed by atoms with van der Waals surface area (Å²) in [5.41, 5.74) is 6.40. The van der Waals surface area contributed by atoms with Crippen LogP contribution >= 0.6 is 21.6 Å². The van der Waals surface area contributed by atoms with Gasteiger partial charge in [0.05, 0.1) is 0 Å². The smallest absolute Gasteiger partial charge is 0.121 e. The maximum Gasteiger partial charge on any atom is 0.121 e. The van der Waals surface area contributed by atoms with Gasteiger partial charge in [-0.25, -0.2) is 0 Å². The second kappa shape index (κ2) is 9.09. The zero-order chi connectivity index (χ0) is 19.4. The first-order chi connectivity index (χ1) is 12.2. The van der Waals surface area contributed by atoms with Crippen LogP contribution in [0.25, 0.3) is 0 Å². The molecule has 0 heterocycles. The van der Waals surface area contributed by atoms with E-state index in [-0.39, 0.29) is 0 Å². The number of hydrogen-bond donors (Lipinski definition) is 2. The normalized spacial score (nSPS) is 13.6. The number of benzene rings is 2. The van der Waals surface area contributed by atoms with Gasteiger partial charge in [-0.3, -0.25) is 0 Å². The van der Waals surface area contributed by atoms with Crippen molar-refractivity contribution < 1.29 is 10.2 Å². The third-order valence-electron chi connectivity index (χ3n) is 4.53. The summed E-state index contributed by atoms with van der Waals surface area (Å²) in [5.74, 6) is 0.827. The lowest BCUT2D eigenvalue weighted by molar-refractivity contribution is 0.466. The van der Waals surface area contributed by atoms with Gasteiger partial charge in [0.15, 0.2) is 0 Å². The molecule has 0 bridgehead atoms. The average molecular weight is 391 g/mol. The molecule has 0 aliphatic heterocycles. The lowest BCUT2D eigenvalue weighted by atomic mass is 10.0. The summed E-state index contributed by atoms with van der Waals surface area (Å²) >= 11 is 0. The van der Waals surface area contributed by atoms with Crippen molar-refractivity contribution in [2.24, 2.45) is 0 Å². The third-order valence-corrected chi connectivity index (χ3v) is 7.94. The van der Waals surface area contributed by atoms with E-state index in [0.717, 1.165) is 35.1 Å². The molecule has 142 valence electrons. The van der Waals surface area contributed by atoms with E-state index in [1.165, 1.54) is 11.1 Å². The molecule has 2 aromatic carbocycles. The molecule has 0 radical (unpaired) electrons. The van der Waals surface area contributed by atoms with Crippen LogP contribution in [0.2, 0.25) is 0 Å². The molecule has 4 heteroatoms. The highest BCUT2D eigenvalue weighted by atomic mass is 33.1. The van der Waals surface area contributed by atoms with Crippen LogP contribution in [0.15, 0.2) is 24.3 Å². The Balaban J connectivity index is 1.88. The molecule has 0 aliphatic carbocycles. The lowest BCUT2D eigenvalue weighted by Gasteiger charge is -2.17. The van der Waals surface area contributed by atoms with E-state index in [2.05, 4.69) is 38.1 Å². The van der Waals surface area contributed by atoms with Crippen LogP contribution in [-0.2, 0) is 12.8 Å². The fourth-order valence-electron chi connectivity index (χ4n) is 3.25. The molecule has 2 nitrogen and oxygen atoms in total. The molecule has 2 atom stereocenters. The van der Waals surface area contributed by atoms with Crippen LogP contribution in [0.3, 0.4) is 0 Å². The summed E-state index contributed by atoms with van der Waals surface area (Å²) < 4.78 is 0. The van der Waals surface area contributed by atoms with Gasteiger partial charge in [-0.05, 0) is 73.9 Å². The molecule has 0 spiro atoms. The zero-order valence-corrected chi connectivity index (χ0v) is 18.2. The number of aromatic hydroxyl groups is 2. The number of phenolic OH excluding ortho intramolecular Hbond substituents is 2. The van der Waals surface area contributed by atoms with Crippen molar-refractivity contribution in [3.05, 3.63) is 57.6 Å². The van der Waals surface area contributed by atoms with Crippen LogP contribution in [0, 0.1) is 27.7 Å². The van der Waals surface area contributed by atoms with Gasteiger partial charge in [-0.15, -0.1) is 0 Å². The Bertz CT molecular complexity index is 659. The van der Waals surface area contributed by atoms with Gasteiger partial charge in [0.1, 0.15) is 11.5 Å². The van der Waals surface area contributed by atoms with Crippen molar-refractivity contribution in [2.75, 3.05) is 0 Å². The van der Waals surface area contributed by atoms with Gasteiger partial charge in [0.2, 0.25) is 0 Å². The monoisotopic (exact) mass is 390 g/mol. The van der Waals surface area contributed by atoms with Gasteiger partial charge >= 0.3 is 0 Å². The Morgan fingerprint density at radius 2 is 0.923 bits per heavy atom. The van der Waals surface area contributed by atoms with Crippen LogP contribution < -0.4 is 0 Å². The third kappa shape index (κ3) is 5.62. The molecule has 0 saturated carbocycles. The van der Waals surface area contributed by atoms with Gasteiger partial charge in [0.25, 0.3) is 0 Å². The van der Waals surface area contributed by atoms with E-state index in [1.54, 1.807) is 0 Å². The number of aryl methyl sites for hydroxylation is 4. The minimum Gasteiger partial charge on any atom is -0.507 e. The highest BCUT2D eigenvalue weighted by molar-refractivity contribution is 8.77. The van der Waals surface area contributed by atoms with Crippen molar-refractivity contribution in [2.45, 2.75) is 64.9 Å². The van der Waals surface area contributed by atoms with E-state index in [1.807, 2.05) is 49.3 Å². The number of hydrogen-bond acceptors (Lipinski definition) is 4. The molecule has 0 amide bonds. The highest BCUT2D eigenvalue weighted by Crippen LogP contribution is 2.35. The molecule has 2 N–H and O–H groups in total. The van der Waals surface area contributed by atoms with Gasteiger partial charge in [0, 0.05) is 10.5 Å². The minimum atomic E-state index is 0.413. The molecule has 2 rings (SSSR count). The van der Waals surface area contributed by atoms with E-state index in [0.29, 0.717) is 22.0 Å². The van der Waals surface area contributed by atoms with Crippen molar-refractivity contribution in [1.82, 2.24) is 0 Å². The van der Waals surface area contributed by atoms with E-state index in [4.69, 9.17) is 0 Å². The van der Waals surface area contributed by atoms with Gasteiger partial charge in [-0.1, -0.05) is 59.7 Å². The summed E-state index contributed by atoms with van der Waals surface area (Å²) in [5, 5.41) is 20.8. The van der Waals surface area contributed by atoms with Crippen LogP contribution in [-0.4, -0.2) is 20.7 Å². The standard InChI is InChI=1S/C22H30O2S2/c1-13-7-19(8-14(2)21(13)23)11-17(5)25-26-18(6)12-20-9-15(3)22(24)16(4)10-20/h7-10,17-18,23-24H,11-12H2,1-6H3. The summed E-state index contributed by atoms with van der Waals surface area (Å²) in [6.07, 6.45) is 2.01. The first kappa shape index (κ1) is 21.0. The topological polar surface area (TPSA) is 40.5 Å². The summed E-state index contributed by atoms with van der Waals surface area (Å²) in [7, 11) is 3.86. The molecule has 0 saturated heterocycles. The van der Waals surface area contributed by atoms with Crippen molar-refractivity contribution in [1.29, 1.82) is 0 Å². The average Bonchev–Trinajstić information content (AvgIpc) is 2.55. The second-order valence-electron chi connectivity index (χ2n) is 7.38. The fraction of sp³-hybridized carbons (Fsp3) is 0.455. The quantitative estimate of drug-likeness (QED) is 0.546. The maximum atomic E-state index is 9.91. The van der Waals surface area contributed by atoms with E-state index in [9.17, 15) is 10.2 Å². The largest absolute Gasteiger partial charge is 0.507 e. The Morgan fingerprint density at radius 1 is 0.654 bits per heavy atom. The predicted octanol–water partition coefficient (Wildman–Crippen LogP) is 6.28. The Morgan fingerprint density at radius 3 is 1.19 bits per heavy atom. The first-order valence-corrected chi connectivity index (χ1v) is 11.3. The summed E-state index contributed by atoms with van der Waals surface area (Å²) in [6, 6.07) is 8.37. The molecule has 0 aromatic heterocycles. The second-order valence-corrected chi connectivity index (χ2v) is 10.5. The number of phenols is 2. The summed E-state index contributed by atoms with van der Waals surface area (Å²) in [4.78, 5) is 0. The Kier molecular flexibility index (Phi) is 7.36. The number of rotatable bonds is 7. The SMILES string of the molecule is Cc1cc(CC(C)SSC(C)Cc2cc(C)c(O)c(C)c2)cc(C)c1O. The Hall–Kier alpha value is -1.26. The molecular weight excluding hydrogens is 360 g/mol. The van der Waals surface area contributed by atoms with E-state index >= 15 is 0 Å². The van der Waals surface area contributed by atoms with Crippen LogP contribution in [0.4, 0.5) is 0 Å².